The molecule has 3 atom stereocenters. The Balaban J connectivity index is 1.53. The summed E-state index contributed by atoms with van der Waals surface area (Å²) in [7, 11) is 0. The van der Waals surface area contributed by atoms with Gasteiger partial charge in [-0.2, -0.15) is 0 Å². The van der Waals surface area contributed by atoms with Crippen LogP contribution in [0, 0.1) is 11.8 Å². The van der Waals surface area contributed by atoms with Crippen LogP contribution in [0.1, 0.15) is 33.1 Å². The minimum absolute atomic E-state index is 0.136. The molecule has 144 valence electrons. The lowest BCUT2D eigenvalue weighted by atomic mass is 9.78. The lowest BCUT2D eigenvalue weighted by molar-refractivity contribution is -0.122. The number of benzene rings is 1. The lowest BCUT2D eigenvalue weighted by Crippen LogP contribution is -2.53. The van der Waals surface area contributed by atoms with Gasteiger partial charge in [0.1, 0.15) is 6.54 Å². The molecule has 8 heteroatoms. The molecule has 1 saturated carbocycles. The van der Waals surface area contributed by atoms with Gasteiger partial charge in [-0.05, 0) is 42.6 Å². The van der Waals surface area contributed by atoms with Gasteiger partial charge in [-0.15, -0.1) is 0 Å². The van der Waals surface area contributed by atoms with Crippen molar-refractivity contribution in [1.82, 2.24) is 25.7 Å². The smallest absolute Gasteiger partial charge is 0.261 e. The van der Waals surface area contributed by atoms with Crippen molar-refractivity contribution in [3.8, 4) is 0 Å². The predicted molar refractivity (Wildman–Crippen MR) is 109 cm³/mol. The monoisotopic (exact) mass is 387 g/mol. The third-order valence-electron chi connectivity index (χ3n) is 5.38. The molecule has 3 N–H and O–H groups in total. The van der Waals surface area contributed by atoms with Crippen molar-refractivity contribution in [3.63, 3.8) is 0 Å². The molecule has 1 aliphatic carbocycles. The zero-order valence-electron chi connectivity index (χ0n) is 15.6. The maximum Gasteiger partial charge on any atom is 0.261 e. The lowest BCUT2D eigenvalue weighted by Gasteiger charge is -2.35. The number of carbonyl (C=O) groups excluding carboxylic acids is 1. The van der Waals surface area contributed by atoms with Crippen LogP contribution in [0.5, 0.6) is 0 Å². The highest BCUT2D eigenvalue weighted by molar-refractivity contribution is 7.80. The summed E-state index contributed by atoms with van der Waals surface area (Å²) >= 11 is 5.28. The third kappa shape index (κ3) is 4.63. The maximum atomic E-state index is 12.4. The molecule has 0 spiro atoms. The summed E-state index contributed by atoms with van der Waals surface area (Å²) in [5, 5.41) is 4.15. The van der Waals surface area contributed by atoms with Crippen LogP contribution in [0.2, 0.25) is 0 Å². The van der Waals surface area contributed by atoms with Crippen molar-refractivity contribution in [1.29, 1.82) is 0 Å². The minimum atomic E-state index is -0.372. The fourth-order valence-electron chi connectivity index (χ4n) is 3.53. The predicted octanol–water partition coefficient (Wildman–Crippen LogP) is 1.72. The van der Waals surface area contributed by atoms with Crippen molar-refractivity contribution < 1.29 is 4.79 Å². The SMILES string of the molecule is C[C@@H]1[C@H](C)CCC[C@@H]1NC(=S)NNC(=O)Cn1cnc2ccccc2c1=O. The van der Waals surface area contributed by atoms with Gasteiger partial charge >= 0.3 is 0 Å². The summed E-state index contributed by atoms with van der Waals surface area (Å²) in [6.45, 7) is 4.34. The van der Waals surface area contributed by atoms with Gasteiger partial charge in [0.2, 0.25) is 0 Å². The number of thiocarbonyl (C=S) groups is 1. The van der Waals surface area contributed by atoms with Gasteiger partial charge in [-0.3, -0.25) is 25.0 Å². The highest BCUT2D eigenvalue weighted by Crippen LogP contribution is 2.29. The van der Waals surface area contributed by atoms with E-state index in [9.17, 15) is 9.59 Å². The van der Waals surface area contributed by atoms with E-state index in [-0.39, 0.29) is 18.0 Å². The minimum Gasteiger partial charge on any atom is -0.358 e. The molecule has 0 aliphatic heterocycles. The van der Waals surface area contributed by atoms with Gasteiger partial charge < -0.3 is 5.32 Å². The van der Waals surface area contributed by atoms with E-state index < -0.39 is 0 Å². The van der Waals surface area contributed by atoms with E-state index in [0.29, 0.717) is 33.9 Å². The largest absolute Gasteiger partial charge is 0.358 e. The van der Waals surface area contributed by atoms with Crippen molar-refractivity contribution in [2.24, 2.45) is 11.8 Å². The van der Waals surface area contributed by atoms with Gasteiger partial charge in [0.15, 0.2) is 5.11 Å². The Morgan fingerprint density at radius 2 is 2.04 bits per heavy atom. The van der Waals surface area contributed by atoms with Gasteiger partial charge in [-0.25, -0.2) is 4.98 Å². The number of rotatable bonds is 3. The van der Waals surface area contributed by atoms with Crippen molar-refractivity contribution in [3.05, 3.63) is 40.9 Å². The Labute approximate surface area is 163 Å². The number of aromatic nitrogens is 2. The zero-order valence-corrected chi connectivity index (χ0v) is 16.4. The van der Waals surface area contributed by atoms with Crippen LogP contribution >= 0.6 is 12.2 Å². The molecule has 0 saturated heterocycles. The van der Waals surface area contributed by atoms with E-state index >= 15 is 0 Å². The first-order valence-corrected chi connectivity index (χ1v) is 9.66. The van der Waals surface area contributed by atoms with Crippen LogP contribution in [-0.4, -0.2) is 26.6 Å². The van der Waals surface area contributed by atoms with Crippen LogP contribution in [0.4, 0.5) is 0 Å². The van der Waals surface area contributed by atoms with Crippen LogP contribution in [-0.2, 0) is 11.3 Å². The summed E-state index contributed by atoms with van der Waals surface area (Å²) < 4.78 is 1.28. The summed E-state index contributed by atoms with van der Waals surface area (Å²) in [6, 6.07) is 7.35. The average molecular weight is 388 g/mol. The molecular formula is C19H25N5O2S. The van der Waals surface area contributed by atoms with Crippen molar-refractivity contribution >= 4 is 34.1 Å². The second-order valence-corrected chi connectivity index (χ2v) is 7.62. The van der Waals surface area contributed by atoms with E-state index in [4.69, 9.17) is 12.2 Å². The normalized spacial score (nSPS) is 22.2. The number of nitrogens with one attached hydrogen (secondary N) is 3. The first-order valence-electron chi connectivity index (χ1n) is 9.25. The van der Waals surface area contributed by atoms with Gasteiger partial charge in [0, 0.05) is 6.04 Å². The zero-order chi connectivity index (χ0) is 19.4. The molecule has 27 heavy (non-hydrogen) atoms. The molecule has 1 fully saturated rings. The van der Waals surface area contributed by atoms with E-state index in [1.807, 2.05) is 6.07 Å². The summed E-state index contributed by atoms with van der Waals surface area (Å²) in [5.74, 6) is 0.806. The van der Waals surface area contributed by atoms with Crippen molar-refractivity contribution in [2.75, 3.05) is 0 Å². The molecule has 7 nitrogen and oxygen atoms in total. The van der Waals surface area contributed by atoms with Crippen LogP contribution in [0.3, 0.4) is 0 Å². The van der Waals surface area contributed by atoms with E-state index in [0.717, 1.165) is 6.42 Å². The van der Waals surface area contributed by atoms with Crippen molar-refractivity contribution in [2.45, 2.75) is 45.7 Å². The Morgan fingerprint density at radius 3 is 2.85 bits per heavy atom. The van der Waals surface area contributed by atoms with Crippen LogP contribution < -0.4 is 21.7 Å². The molecule has 1 aromatic heterocycles. The molecule has 2 aromatic rings. The summed E-state index contributed by atoms with van der Waals surface area (Å²) in [6.07, 6.45) is 4.87. The number of hydrogen-bond donors (Lipinski definition) is 3. The molecule has 1 aromatic carbocycles. The fraction of sp³-hybridized carbons (Fsp3) is 0.474. The Bertz CT molecular complexity index is 897. The highest BCUT2D eigenvalue weighted by atomic mass is 32.1. The molecule has 0 bridgehead atoms. The third-order valence-corrected chi connectivity index (χ3v) is 5.60. The van der Waals surface area contributed by atoms with Crippen LogP contribution in [0.25, 0.3) is 10.9 Å². The number of amides is 1. The maximum absolute atomic E-state index is 12.4. The molecule has 1 amide bonds. The summed E-state index contributed by atoms with van der Waals surface area (Å²) in [5.41, 5.74) is 5.63. The molecular weight excluding hydrogens is 362 g/mol. The summed E-state index contributed by atoms with van der Waals surface area (Å²) in [4.78, 5) is 28.8. The molecule has 3 rings (SSSR count). The van der Waals surface area contributed by atoms with Gasteiger partial charge in [0.25, 0.3) is 11.5 Å². The number of carbonyl (C=O) groups is 1. The Hall–Kier alpha value is -2.48. The molecule has 1 heterocycles. The van der Waals surface area contributed by atoms with E-state index in [2.05, 4.69) is 35.0 Å². The van der Waals surface area contributed by atoms with E-state index in [1.54, 1.807) is 18.2 Å². The quantitative estimate of drug-likeness (QED) is 0.549. The van der Waals surface area contributed by atoms with Gasteiger partial charge in [-0.1, -0.05) is 38.8 Å². The number of hydrogen-bond acceptors (Lipinski definition) is 4. The highest BCUT2D eigenvalue weighted by Gasteiger charge is 2.27. The molecule has 0 unspecified atom stereocenters. The molecule has 1 aliphatic rings. The average Bonchev–Trinajstić information content (AvgIpc) is 2.66. The topological polar surface area (TPSA) is 88.0 Å². The second-order valence-electron chi connectivity index (χ2n) is 7.22. The first-order chi connectivity index (χ1) is 13.0. The van der Waals surface area contributed by atoms with Crippen LogP contribution in [0.15, 0.2) is 35.4 Å². The second kappa shape index (κ2) is 8.47. The molecule has 0 radical (unpaired) electrons. The number of para-hydroxylation sites is 1. The number of nitrogens with zero attached hydrogens (tertiary/aromatic N) is 2. The fourth-order valence-corrected chi connectivity index (χ4v) is 3.73. The standard InChI is InChI=1S/C19H25N5O2S/c1-12-6-5-9-15(13(12)2)21-19(27)23-22-17(25)10-24-11-20-16-8-4-3-7-14(16)18(24)26/h3-4,7-8,11-13,15H,5-6,9-10H2,1-2H3,(H,22,25)(H2,21,23,27)/t12-,13-,15+/m1/s1. The van der Waals surface area contributed by atoms with Gasteiger partial charge in [0.05, 0.1) is 17.2 Å². The first kappa shape index (κ1) is 19.3. The number of hydrazine groups is 1. The van der Waals surface area contributed by atoms with E-state index in [1.165, 1.54) is 23.7 Å². The number of fused-ring (bicyclic) bond motifs is 1. The Kier molecular flexibility index (Phi) is 6.05. The Morgan fingerprint density at radius 1 is 1.26 bits per heavy atom.